The smallest absolute Gasteiger partial charge is 0.251 e. The maximum atomic E-state index is 14.8. The number of nitrogens with zero attached hydrogens (tertiary/aromatic N) is 1. The summed E-state index contributed by atoms with van der Waals surface area (Å²) >= 11 is 6.40. The number of carbonyl (C=O) groups is 1. The van der Waals surface area contributed by atoms with Crippen LogP contribution in [0, 0.1) is 11.2 Å². The minimum atomic E-state index is -0.818. The van der Waals surface area contributed by atoms with Crippen LogP contribution >= 0.6 is 11.6 Å². The molecule has 1 saturated heterocycles. The molecule has 1 atom stereocenters. The number of carbonyl (C=O) groups excluding carboxylic acids is 1. The lowest BCUT2D eigenvalue weighted by atomic mass is 10.0. The van der Waals surface area contributed by atoms with Gasteiger partial charge in [-0.25, -0.2) is 4.39 Å². The van der Waals surface area contributed by atoms with Crippen LogP contribution in [-0.2, 0) is 11.3 Å². The van der Waals surface area contributed by atoms with Gasteiger partial charge in [-0.3, -0.25) is 10.2 Å². The van der Waals surface area contributed by atoms with Crippen LogP contribution in [0.5, 0.6) is 0 Å². The van der Waals surface area contributed by atoms with Crippen LogP contribution in [0.4, 0.5) is 21.5 Å². The summed E-state index contributed by atoms with van der Waals surface area (Å²) in [6.45, 7) is 0.987. The largest absolute Gasteiger partial charge is 0.370 e. The summed E-state index contributed by atoms with van der Waals surface area (Å²) in [5.41, 5.74) is 8.64. The zero-order chi connectivity index (χ0) is 23.4. The average Bonchev–Trinajstić information content (AvgIpc) is 3.24. The first kappa shape index (κ1) is 22.8. The third-order valence-electron chi connectivity index (χ3n) is 5.58. The van der Waals surface area contributed by atoms with Gasteiger partial charge in [-0.05, 0) is 48.4 Å². The number of hydrogen-bond acceptors (Lipinski definition) is 4. The highest BCUT2D eigenvalue weighted by molar-refractivity contribution is 6.31. The molecule has 0 radical (unpaired) electrons. The van der Waals surface area contributed by atoms with Crippen LogP contribution in [0.25, 0.3) is 0 Å². The van der Waals surface area contributed by atoms with Gasteiger partial charge in [0, 0.05) is 41.5 Å². The minimum absolute atomic E-state index is 0.321. The Morgan fingerprint density at radius 3 is 2.64 bits per heavy atom. The van der Waals surface area contributed by atoms with E-state index in [0.29, 0.717) is 53.0 Å². The number of benzene rings is 3. The molecule has 1 amide bonds. The number of anilines is 3. The molecule has 0 spiro atoms. The Bertz CT molecular complexity index is 1180. The second kappa shape index (κ2) is 10.0. The van der Waals surface area contributed by atoms with E-state index < -0.39 is 11.9 Å². The van der Waals surface area contributed by atoms with Gasteiger partial charge in [-0.15, -0.1) is 0 Å². The van der Waals surface area contributed by atoms with Gasteiger partial charge in [0.15, 0.2) is 0 Å². The van der Waals surface area contributed by atoms with Crippen molar-refractivity contribution in [2.45, 2.75) is 25.4 Å². The Hall–Kier alpha value is -3.42. The van der Waals surface area contributed by atoms with Gasteiger partial charge in [0.2, 0.25) is 0 Å². The molecule has 3 aromatic carbocycles. The van der Waals surface area contributed by atoms with E-state index in [4.69, 9.17) is 22.7 Å². The average molecular weight is 466 g/mol. The molecule has 1 fully saturated rings. The first-order valence-corrected chi connectivity index (χ1v) is 11.1. The molecule has 1 heterocycles. The van der Waals surface area contributed by atoms with Gasteiger partial charge in [0.25, 0.3) is 5.91 Å². The number of hydrogen-bond donors (Lipinski definition) is 4. The number of nitrogens with one attached hydrogen (secondary N) is 3. The minimum Gasteiger partial charge on any atom is -0.370 e. The lowest BCUT2D eigenvalue weighted by Crippen LogP contribution is -2.28. The van der Waals surface area contributed by atoms with Crippen molar-refractivity contribution < 1.29 is 9.18 Å². The quantitative estimate of drug-likeness (QED) is 0.380. The van der Waals surface area contributed by atoms with E-state index in [1.807, 2.05) is 24.3 Å². The maximum Gasteiger partial charge on any atom is 0.251 e. The maximum absolute atomic E-state index is 14.8. The van der Waals surface area contributed by atoms with Crippen molar-refractivity contribution >= 4 is 40.4 Å². The summed E-state index contributed by atoms with van der Waals surface area (Å²) in [5.74, 6) is -0.479. The lowest BCUT2D eigenvalue weighted by molar-refractivity contribution is -0.117. The molecule has 3 aromatic rings. The van der Waals surface area contributed by atoms with Gasteiger partial charge in [0.1, 0.15) is 17.7 Å². The molecule has 5 N–H and O–H groups in total. The Labute approximate surface area is 197 Å². The van der Waals surface area contributed by atoms with Crippen LogP contribution in [0.1, 0.15) is 30.0 Å². The molecule has 6 nitrogen and oxygen atoms in total. The molecule has 0 aromatic heterocycles. The van der Waals surface area contributed by atoms with Gasteiger partial charge in [-0.1, -0.05) is 41.9 Å². The number of amides is 1. The molecule has 1 aliphatic rings. The van der Waals surface area contributed by atoms with Crippen LogP contribution in [0.15, 0.2) is 66.7 Å². The van der Waals surface area contributed by atoms with E-state index in [1.165, 1.54) is 6.07 Å². The van der Waals surface area contributed by atoms with E-state index >= 15 is 0 Å². The van der Waals surface area contributed by atoms with Crippen LogP contribution in [0.3, 0.4) is 0 Å². The van der Waals surface area contributed by atoms with Crippen LogP contribution in [0.2, 0.25) is 5.02 Å². The van der Waals surface area contributed by atoms with E-state index in [2.05, 4.69) is 10.6 Å². The lowest BCUT2D eigenvalue weighted by Gasteiger charge is -2.22. The zero-order valence-electron chi connectivity index (χ0n) is 17.9. The molecule has 0 aliphatic carbocycles. The third-order valence-corrected chi connectivity index (χ3v) is 5.92. The molecule has 4 rings (SSSR count). The summed E-state index contributed by atoms with van der Waals surface area (Å²) in [6, 6.07) is 18.2. The van der Waals surface area contributed by atoms with E-state index in [0.717, 1.165) is 12.0 Å². The molecule has 0 saturated carbocycles. The predicted octanol–water partition coefficient (Wildman–Crippen LogP) is 5.31. The Balaban J connectivity index is 1.59. The van der Waals surface area contributed by atoms with Crippen molar-refractivity contribution in [3.05, 3.63) is 88.7 Å². The number of halogens is 2. The highest BCUT2D eigenvalue weighted by Crippen LogP contribution is 2.30. The standard InChI is InChI=1S/C25H25ClFN5O/c26-20-8-2-1-7-19(20)24(30-17-6-3-5-16(13-17)15-28)25(33)31-18-10-11-22(21(27)14-18)32-12-4-9-23(32)29/h1-3,5-8,10-11,13-14,24,29-30H,4,9,12,15,28H2,(H,31,33). The van der Waals surface area contributed by atoms with Crippen molar-refractivity contribution in [3.8, 4) is 0 Å². The van der Waals surface area contributed by atoms with Crippen LogP contribution in [-0.4, -0.2) is 18.3 Å². The first-order valence-electron chi connectivity index (χ1n) is 10.7. The van der Waals surface area contributed by atoms with Crippen molar-refractivity contribution in [3.63, 3.8) is 0 Å². The van der Waals surface area contributed by atoms with E-state index in [-0.39, 0.29) is 5.91 Å². The summed E-state index contributed by atoms with van der Waals surface area (Å²) in [4.78, 5) is 15.0. The second-order valence-corrected chi connectivity index (χ2v) is 8.27. The first-order chi connectivity index (χ1) is 16.0. The van der Waals surface area contributed by atoms with Gasteiger partial charge < -0.3 is 21.3 Å². The van der Waals surface area contributed by atoms with Crippen molar-refractivity contribution in [2.24, 2.45) is 5.73 Å². The topological polar surface area (TPSA) is 94.2 Å². The van der Waals surface area contributed by atoms with Crippen molar-refractivity contribution in [1.82, 2.24) is 0 Å². The second-order valence-electron chi connectivity index (χ2n) is 7.86. The van der Waals surface area contributed by atoms with Gasteiger partial charge in [0.05, 0.1) is 5.69 Å². The summed E-state index contributed by atoms with van der Waals surface area (Å²) in [5, 5.41) is 14.4. The van der Waals surface area contributed by atoms with E-state index in [1.54, 1.807) is 41.3 Å². The normalized spacial score (nSPS) is 14.3. The molecule has 1 aliphatic heterocycles. The Morgan fingerprint density at radius 2 is 1.94 bits per heavy atom. The molecule has 0 bridgehead atoms. The number of nitrogens with two attached hydrogens (primary N) is 1. The van der Waals surface area contributed by atoms with Crippen molar-refractivity contribution in [1.29, 1.82) is 5.41 Å². The SMILES string of the molecule is N=C1CCCN1c1ccc(NC(=O)C(Nc2cccc(CN)c2)c2ccccc2Cl)cc1F. The summed E-state index contributed by atoms with van der Waals surface area (Å²) in [6.07, 6.45) is 1.46. The highest BCUT2D eigenvalue weighted by atomic mass is 35.5. The Morgan fingerprint density at radius 1 is 1.12 bits per heavy atom. The number of rotatable bonds is 7. The third kappa shape index (κ3) is 5.16. The monoisotopic (exact) mass is 465 g/mol. The highest BCUT2D eigenvalue weighted by Gasteiger charge is 2.25. The molecular weight excluding hydrogens is 441 g/mol. The summed E-state index contributed by atoms with van der Waals surface area (Å²) in [7, 11) is 0. The van der Waals surface area contributed by atoms with Crippen molar-refractivity contribution in [2.75, 3.05) is 22.1 Å². The fourth-order valence-corrected chi connectivity index (χ4v) is 4.15. The Kier molecular flexibility index (Phi) is 6.91. The number of amidine groups is 1. The molecule has 33 heavy (non-hydrogen) atoms. The molecule has 8 heteroatoms. The fourth-order valence-electron chi connectivity index (χ4n) is 3.91. The molecule has 1 unspecified atom stereocenters. The van der Waals surface area contributed by atoms with Gasteiger partial charge in [-0.2, -0.15) is 0 Å². The molecule has 170 valence electrons. The molecular formula is C25H25ClFN5O. The van der Waals surface area contributed by atoms with E-state index in [9.17, 15) is 9.18 Å². The van der Waals surface area contributed by atoms with Crippen LogP contribution < -0.4 is 21.3 Å². The fraction of sp³-hybridized carbons (Fsp3) is 0.200. The zero-order valence-corrected chi connectivity index (χ0v) is 18.7. The predicted molar refractivity (Wildman–Crippen MR) is 131 cm³/mol. The van der Waals surface area contributed by atoms with Gasteiger partial charge >= 0.3 is 0 Å². The summed E-state index contributed by atoms with van der Waals surface area (Å²) < 4.78 is 14.8.